The number of nitrogens with one attached hydrogen (secondary N) is 2. The van der Waals surface area contributed by atoms with Gasteiger partial charge in [0.05, 0.1) is 12.1 Å². The van der Waals surface area contributed by atoms with Crippen LogP contribution >= 0.6 is 0 Å². The zero-order chi connectivity index (χ0) is 13.0. The maximum Gasteiger partial charge on any atom is 0.217 e. The van der Waals surface area contributed by atoms with Crippen molar-refractivity contribution in [1.82, 2.24) is 10.6 Å². The number of rotatable bonds is 5. The van der Waals surface area contributed by atoms with Crippen LogP contribution in [0.3, 0.4) is 0 Å². The summed E-state index contributed by atoms with van der Waals surface area (Å²) in [7, 11) is 0. The number of carbonyl (C=O) groups excluding carboxylic acids is 3. The number of hydrogen-bond donors (Lipinski definition) is 2. The van der Waals surface area contributed by atoms with Gasteiger partial charge in [0.15, 0.2) is 5.78 Å². The van der Waals surface area contributed by atoms with Crippen LogP contribution in [0.2, 0.25) is 0 Å². The number of aldehydes is 1. The van der Waals surface area contributed by atoms with Crippen molar-refractivity contribution < 1.29 is 14.4 Å². The summed E-state index contributed by atoms with van der Waals surface area (Å²) in [6.07, 6.45) is 1.44. The first-order valence-corrected chi connectivity index (χ1v) is 5.97. The van der Waals surface area contributed by atoms with Gasteiger partial charge in [0.2, 0.25) is 5.91 Å². The highest BCUT2D eigenvalue weighted by atomic mass is 16.2. The van der Waals surface area contributed by atoms with Gasteiger partial charge >= 0.3 is 0 Å². The SMILES string of the molecule is CC(=O)N[C@H](C(=O)C1CCN[C@@H]1C=O)C(C)C. The molecule has 1 amide bonds. The molecule has 0 aromatic rings. The van der Waals surface area contributed by atoms with Gasteiger partial charge in [0.25, 0.3) is 0 Å². The zero-order valence-corrected chi connectivity index (χ0v) is 10.5. The van der Waals surface area contributed by atoms with E-state index in [1.807, 2.05) is 13.8 Å². The fourth-order valence-electron chi connectivity index (χ4n) is 2.21. The quantitative estimate of drug-likeness (QED) is 0.658. The van der Waals surface area contributed by atoms with E-state index in [-0.39, 0.29) is 23.5 Å². The maximum absolute atomic E-state index is 12.3. The molecule has 96 valence electrons. The first kappa shape index (κ1) is 13.8. The Bertz CT molecular complexity index is 315. The van der Waals surface area contributed by atoms with Crippen LogP contribution in [0.5, 0.6) is 0 Å². The number of carbonyl (C=O) groups is 3. The number of amides is 1. The van der Waals surface area contributed by atoms with Gasteiger partial charge in [-0.1, -0.05) is 13.8 Å². The summed E-state index contributed by atoms with van der Waals surface area (Å²) in [6.45, 7) is 5.84. The minimum atomic E-state index is -0.500. The fraction of sp³-hybridized carbons (Fsp3) is 0.750. The third kappa shape index (κ3) is 3.36. The molecule has 1 saturated heterocycles. The maximum atomic E-state index is 12.3. The van der Waals surface area contributed by atoms with Gasteiger partial charge in [-0.15, -0.1) is 0 Å². The Morgan fingerprint density at radius 1 is 1.41 bits per heavy atom. The van der Waals surface area contributed by atoms with Crippen molar-refractivity contribution in [1.29, 1.82) is 0 Å². The Morgan fingerprint density at radius 2 is 2.06 bits per heavy atom. The Hall–Kier alpha value is -1.23. The Balaban J connectivity index is 2.76. The van der Waals surface area contributed by atoms with E-state index in [2.05, 4.69) is 10.6 Å². The van der Waals surface area contributed by atoms with Crippen LogP contribution < -0.4 is 10.6 Å². The van der Waals surface area contributed by atoms with Gasteiger partial charge in [0.1, 0.15) is 6.29 Å². The summed E-state index contributed by atoms with van der Waals surface area (Å²) in [6, 6.07) is -0.905. The van der Waals surface area contributed by atoms with E-state index in [4.69, 9.17) is 0 Å². The summed E-state index contributed by atoms with van der Waals surface area (Å²) in [5.41, 5.74) is 0. The number of Topliss-reactive ketones (excluding diaryl/α,β-unsaturated/α-hetero) is 1. The summed E-state index contributed by atoms with van der Waals surface area (Å²) in [5, 5.41) is 5.65. The molecule has 1 heterocycles. The molecule has 0 radical (unpaired) electrons. The second-order valence-electron chi connectivity index (χ2n) is 4.84. The molecule has 0 spiro atoms. The van der Waals surface area contributed by atoms with Gasteiger partial charge in [0, 0.05) is 12.8 Å². The first-order chi connectivity index (χ1) is 7.97. The van der Waals surface area contributed by atoms with Crippen LogP contribution in [0.4, 0.5) is 0 Å². The lowest BCUT2D eigenvalue weighted by atomic mass is 9.87. The first-order valence-electron chi connectivity index (χ1n) is 5.97. The van der Waals surface area contributed by atoms with Crippen molar-refractivity contribution >= 4 is 18.0 Å². The van der Waals surface area contributed by atoms with Gasteiger partial charge in [-0.25, -0.2) is 0 Å². The molecule has 0 saturated carbocycles. The molecule has 2 N–H and O–H groups in total. The highest BCUT2D eigenvalue weighted by Gasteiger charge is 2.37. The predicted octanol–water partition coefficient (Wildman–Crippen LogP) is -0.107. The molecule has 17 heavy (non-hydrogen) atoms. The molecular formula is C12H20N2O3. The average Bonchev–Trinajstić information content (AvgIpc) is 2.72. The Labute approximate surface area is 101 Å². The fourth-order valence-corrected chi connectivity index (χ4v) is 2.21. The van der Waals surface area contributed by atoms with Gasteiger partial charge in [-0.3, -0.25) is 9.59 Å². The van der Waals surface area contributed by atoms with Crippen LogP contribution in [0.25, 0.3) is 0 Å². The topological polar surface area (TPSA) is 75.3 Å². The average molecular weight is 240 g/mol. The van der Waals surface area contributed by atoms with E-state index in [1.54, 1.807) is 0 Å². The predicted molar refractivity (Wildman–Crippen MR) is 63.4 cm³/mol. The highest BCUT2D eigenvalue weighted by Crippen LogP contribution is 2.19. The Morgan fingerprint density at radius 3 is 2.53 bits per heavy atom. The summed E-state index contributed by atoms with van der Waals surface area (Å²) < 4.78 is 0. The summed E-state index contributed by atoms with van der Waals surface area (Å²) >= 11 is 0. The van der Waals surface area contributed by atoms with Crippen LogP contribution in [-0.4, -0.2) is 36.6 Å². The molecule has 1 aliphatic rings. The van der Waals surface area contributed by atoms with E-state index in [0.29, 0.717) is 13.0 Å². The molecule has 0 aromatic carbocycles. The monoisotopic (exact) mass is 240 g/mol. The molecule has 5 nitrogen and oxygen atoms in total. The van der Waals surface area contributed by atoms with Crippen LogP contribution in [0, 0.1) is 11.8 Å². The van der Waals surface area contributed by atoms with Gasteiger partial charge in [-0.2, -0.15) is 0 Å². The molecule has 1 fully saturated rings. The minimum Gasteiger partial charge on any atom is -0.346 e. The van der Waals surface area contributed by atoms with Crippen molar-refractivity contribution in [3.05, 3.63) is 0 Å². The summed E-state index contributed by atoms with van der Waals surface area (Å²) in [5.74, 6) is -0.547. The normalized spacial score (nSPS) is 25.6. The number of hydrogen-bond acceptors (Lipinski definition) is 4. The van der Waals surface area contributed by atoms with Crippen molar-refractivity contribution in [3.63, 3.8) is 0 Å². The zero-order valence-electron chi connectivity index (χ0n) is 10.5. The Kier molecular flexibility index (Phi) is 4.81. The molecule has 0 bridgehead atoms. The molecule has 0 aliphatic carbocycles. The standard InChI is InChI=1S/C12H20N2O3/c1-7(2)11(14-8(3)16)12(17)9-4-5-13-10(9)6-15/h6-7,9-11,13H,4-5H2,1-3H3,(H,14,16)/t9?,10-,11+/m1/s1. The summed E-state index contributed by atoms with van der Waals surface area (Å²) in [4.78, 5) is 34.2. The number of ketones is 1. The van der Waals surface area contributed by atoms with E-state index in [9.17, 15) is 14.4 Å². The minimum absolute atomic E-state index is 0.0271. The van der Waals surface area contributed by atoms with Gasteiger partial charge in [-0.05, 0) is 18.9 Å². The molecule has 0 aromatic heterocycles. The van der Waals surface area contributed by atoms with Crippen molar-refractivity contribution in [3.8, 4) is 0 Å². The molecule has 1 unspecified atom stereocenters. The molecule has 1 aliphatic heterocycles. The van der Waals surface area contributed by atoms with E-state index < -0.39 is 12.1 Å². The largest absolute Gasteiger partial charge is 0.346 e. The third-order valence-corrected chi connectivity index (χ3v) is 3.11. The van der Waals surface area contributed by atoms with E-state index in [0.717, 1.165) is 6.29 Å². The van der Waals surface area contributed by atoms with Crippen LogP contribution in [-0.2, 0) is 14.4 Å². The molecule has 1 rings (SSSR count). The van der Waals surface area contributed by atoms with Gasteiger partial charge < -0.3 is 15.4 Å². The lowest BCUT2D eigenvalue weighted by molar-refractivity contribution is -0.131. The van der Waals surface area contributed by atoms with Crippen molar-refractivity contribution in [2.45, 2.75) is 39.3 Å². The molecule has 3 atom stereocenters. The van der Waals surface area contributed by atoms with Crippen molar-refractivity contribution in [2.75, 3.05) is 6.54 Å². The molecular weight excluding hydrogens is 220 g/mol. The lowest BCUT2D eigenvalue weighted by Crippen LogP contribution is -2.48. The third-order valence-electron chi connectivity index (χ3n) is 3.11. The van der Waals surface area contributed by atoms with Crippen LogP contribution in [0.15, 0.2) is 0 Å². The van der Waals surface area contributed by atoms with Crippen LogP contribution in [0.1, 0.15) is 27.2 Å². The second kappa shape index (κ2) is 5.91. The highest BCUT2D eigenvalue weighted by molar-refractivity contribution is 5.92. The van der Waals surface area contributed by atoms with Crippen molar-refractivity contribution in [2.24, 2.45) is 11.8 Å². The van der Waals surface area contributed by atoms with E-state index in [1.165, 1.54) is 6.92 Å². The second-order valence-corrected chi connectivity index (χ2v) is 4.84. The molecule has 5 heteroatoms. The van der Waals surface area contributed by atoms with E-state index >= 15 is 0 Å². The lowest BCUT2D eigenvalue weighted by Gasteiger charge is -2.24. The smallest absolute Gasteiger partial charge is 0.217 e.